The molecular formula is C20H22N2O3. The fraction of sp³-hybridized carbons (Fsp3) is 0.250. The number of carbonyl (C=O) groups excluding carboxylic acids is 1. The molecule has 1 N–H and O–H groups in total. The second-order valence-corrected chi connectivity index (χ2v) is 5.92. The summed E-state index contributed by atoms with van der Waals surface area (Å²) >= 11 is 0. The lowest BCUT2D eigenvalue weighted by Gasteiger charge is -2.10. The van der Waals surface area contributed by atoms with Crippen molar-refractivity contribution in [1.82, 2.24) is 9.88 Å². The molecule has 1 heterocycles. The summed E-state index contributed by atoms with van der Waals surface area (Å²) in [6.45, 7) is 2.53. The predicted molar refractivity (Wildman–Crippen MR) is 98.4 cm³/mol. The van der Waals surface area contributed by atoms with E-state index in [1.807, 2.05) is 19.2 Å². The quantitative estimate of drug-likeness (QED) is 0.775. The highest BCUT2D eigenvalue weighted by Crippen LogP contribution is 2.25. The number of benzene rings is 2. The molecule has 0 unspecified atom stereocenters. The Balaban J connectivity index is 1.85. The summed E-state index contributed by atoms with van der Waals surface area (Å²) in [5, 5.41) is 4.16. The van der Waals surface area contributed by atoms with E-state index in [1.54, 1.807) is 32.4 Å². The third-order valence-corrected chi connectivity index (χ3v) is 4.57. The van der Waals surface area contributed by atoms with Crippen LogP contribution in [0.1, 0.15) is 21.6 Å². The number of fused-ring (bicyclic) bond motifs is 1. The lowest BCUT2D eigenvalue weighted by atomic mass is 10.1. The molecule has 0 radical (unpaired) electrons. The van der Waals surface area contributed by atoms with Crippen molar-refractivity contribution in [3.8, 4) is 11.5 Å². The standard InChI is InChI=1S/C20H22N2O3/c1-13-18(17-7-5-6-8-19(17)22(13)2)12-21-20(23)14-9-15(24-3)11-16(10-14)25-4/h5-11H,12H2,1-4H3,(H,21,23). The molecule has 0 spiro atoms. The SMILES string of the molecule is COc1cc(OC)cc(C(=O)NCc2c(C)n(C)c3ccccc23)c1. The van der Waals surface area contributed by atoms with Gasteiger partial charge in [-0.3, -0.25) is 4.79 Å². The van der Waals surface area contributed by atoms with Gasteiger partial charge >= 0.3 is 0 Å². The first-order valence-electron chi connectivity index (χ1n) is 8.09. The van der Waals surface area contributed by atoms with Crippen LogP contribution in [0.4, 0.5) is 0 Å². The van der Waals surface area contributed by atoms with Gasteiger partial charge in [-0.1, -0.05) is 18.2 Å². The van der Waals surface area contributed by atoms with Gasteiger partial charge in [-0.15, -0.1) is 0 Å². The van der Waals surface area contributed by atoms with Crippen LogP contribution in [0, 0.1) is 6.92 Å². The van der Waals surface area contributed by atoms with Crippen LogP contribution >= 0.6 is 0 Å². The molecule has 5 heteroatoms. The average Bonchev–Trinajstić information content (AvgIpc) is 2.90. The largest absolute Gasteiger partial charge is 0.497 e. The lowest BCUT2D eigenvalue weighted by Crippen LogP contribution is -2.23. The molecule has 0 aliphatic carbocycles. The summed E-state index contributed by atoms with van der Waals surface area (Å²) in [7, 11) is 5.17. The summed E-state index contributed by atoms with van der Waals surface area (Å²) in [5.41, 5.74) is 3.94. The van der Waals surface area contributed by atoms with E-state index >= 15 is 0 Å². The molecule has 1 amide bonds. The highest BCUT2D eigenvalue weighted by Gasteiger charge is 2.14. The first kappa shape index (κ1) is 16.9. The molecule has 0 atom stereocenters. The Morgan fingerprint density at radius 3 is 2.36 bits per heavy atom. The van der Waals surface area contributed by atoms with Crippen LogP contribution in [0.2, 0.25) is 0 Å². The third-order valence-electron chi connectivity index (χ3n) is 4.57. The minimum atomic E-state index is -0.162. The molecule has 0 bridgehead atoms. The minimum absolute atomic E-state index is 0.162. The first-order chi connectivity index (χ1) is 12.0. The maximum atomic E-state index is 12.6. The van der Waals surface area contributed by atoms with Gasteiger partial charge in [-0.05, 0) is 30.7 Å². The molecule has 5 nitrogen and oxygen atoms in total. The number of ether oxygens (including phenoxy) is 2. The Labute approximate surface area is 147 Å². The van der Waals surface area contributed by atoms with E-state index in [0.717, 1.165) is 22.2 Å². The number of hydrogen-bond acceptors (Lipinski definition) is 3. The Hall–Kier alpha value is -2.95. The van der Waals surface area contributed by atoms with Crippen LogP contribution in [0.15, 0.2) is 42.5 Å². The van der Waals surface area contributed by atoms with Crippen molar-refractivity contribution in [2.24, 2.45) is 7.05 Å². The van der Waals surface area contributed by atoms with Crippen LogP contribution in [-0.4, -0.2) is 24.7 Å². The number of nitrogens with one attached hydrogen (secondary N) is 1. The highest BCUT2D eigenvalue weighted by atomic mass is 16.5. The number of amides is 1. The van der Waals surface area contributed by atoms with Gasteiger partial charge in [0.1, 0.15) is 11.5 Å². The molecule has 0 fully saturated rings. The number of para-hydroxylation sites is 1. The number of aryl methyl sites for hydroxylation is 1. The second kappa shape index (κ2) is 6.89. The van der Waals surface area contributed by atoms with Gasteiger partial charge < -0.3 is 19.4 Å². The molecule has 0 saturated heterocycles. The fourth-order valence-electron chi connectivity index (χ4n) is 3.03. The van der Waals surface area contributed by atoms with E-state index in [2.05, 4.69) is 28.9 Å². The van der Waals surface area contributed by atoms with E-state index in [0.29, 0.717) is 23.6 Å². The smallest absolute Gasteiger partial charge is 0.251 e. The van der Waals surface area contributed by atoms with Gasteiger partial charge in [-0.25, -0.2) is 0 Å². The summed E-state index contributed by atoms with van der Waals surface area (Å²) in [4.78, 5) is 12.6. The van der Waals surface area contributed by atoms with Crippen molar-refractivity contribution < 1.29 is 14.3 Å². The Kier molecular flexibility index (Phi) is 4.65. The molecule has 130 valence electrons. The molecule has 0 aliphatic rings. The van der Waals surface area contributed by atoms with Crippen LogP contribution in [0.25, 0.3) is 10.9 Å². The molecule has 3 aromatic rings. The Morgan fingerprint density at radius 2 is 1.72 bits per heavy atom. The van der Waals surface area contributed by atoms with Gasteiger partial charge in [0, 0.05) is 41.8 Å². The second-order valence-electron chi connectivity index (χ2n) is 5.92. The molecule has 2 aromatic carbocycles. The van der Waals surface area contributed by atoms with Crippen molar-refractivity contribution in [1.29, 1.82) is 0 Å². The predicted octanol–water partition coefficient (Wildman–Crippen LogP) is 3.43. The summed E-state index contributed by atoms with van der Waals surface area (Å²) in [6, 6.07) is 13.3. The average molecular weight is 338 g/mol. The molecule has 1 aromatic heterocycles. The topological polar surface area (TPSA) is 52.5 Å². The fourth-order valence-corrected chi connectivity index (χ4v) is 3.03. The van der Waals surface area contributed by atoms with Crippen molar-refractivity contribution in [3.63, 3.8) is 0 Å². The van der Waals surface area contributed by atoms with Crippen LogP contribution in [0.3, 0.4) is 0 Å². The van der Waals surface area contributed by atoms with Crippen LogP contribution in [-0.2, 0) is 13.6 Å². The van der Waals surface area contributed by atoms with Gasteiger partial charge in [0.25, 0.3) is 5.91 Å². The van der Waals surface area contributed by atoms with E-state index in [4.69, 9.17) is 9.47 Å². The number of hydrogen-bond donors (Lipinski definition) is 1. The molecule has 0 aliphatic heterocycles. The van der Waals surface area contributed by atoms with Crippen molar-refractivity contribution in [2.75, 3.05) is 14.2 Å². The number of nitrogens with zero attached hydrogens (tertiary/aromatic N) is 1. The van der Waals surface area contributed by atoms with Crippen molar-refractivity contribution >= 4 is 16.8 Å². The van der Waals surface area contributed by atoms with Gasteiger partial charge in [0.2, 0.25) is 0 Å². The summed E-state index contributed by atoms with van der Waals surface area (Å²) in [6.07, 6.45) is 0. The zero-order valence-corrected chi connectivity index (χ0v) is 14.9. The summed E-state index contributed by atoms with van der Waals surface area (Å²) in [5.74, 6) is 1.02. The Bertz CT molecular complexity index is 906. The number of methoxy groups -OCH3 is 2. The third kappa shape index (κ3) is 3.18. The molecular weight excluding hydrogens is 316 g/mol. The Morgan fingerprint density at radius 1 is 1.08 bits per heavy atom. The van der Waals surface area contributed by atoms with Gasteiger partial charge in [0.05, 0.1) is 14.2 Å². The van der Waals surface area contributed by atoms with Crippen LogP contribution in [0.5, 0.6) is 11.5 Å². The minimum Gasteiger partial charge on any atom is -0.497 e. The van der Waals surface area contributed by atoms with Crippen LogP contribution < -0.4 is 14.8 Å². The number of rotatable bonds is 5. The summed E-state index contributed by atoms with van der Waals surface area (Å²) < 4.78 is 12.6. The highest BCUT2D eigenvalue weighted by molar-refractivity contribution is 5.95. The zero-order chi connectivity index (χ0) is 18.0. The molecule has 3 rings (SSSR count). The van der Waals surface area contributed by atoms with E-state index in [1.165, 1.54) is 0 Å². The van der Waals surface area contributed by atoms with Gasteiger partial charge in [0.15, 0.2) is 0 Å². The number of aromatic nitrogens is 1. The number of carbonyl (C=O) groups is 1. The maximum absolute atomic E-state index is 12.6. The van der Waals surface area contributed by atoms with E-state index < -0.39 is 0 Å². The van der Waals surface area contributed by atoms with Crippen molar-refractivity contribution in [2.45, 2.75) is 13.5 Å². The van der Waals surface area contributed by atoms with E-state index in [-0.39, 0.29) is 5.91 Å². The maximum Gasteiger partial charge on any atom is 0.251 e. The normalized spacial score (nSPS) is 10.7. The monoisotopic (exact) mass is 338 g/mol. The first-order valence-corrected chi connectivity index (χ1v) is 8.09. The van der Waals surface area contributed by atoms with Gasteiger partial charge in [-0.2, -0.15) is 0 Å². The van der Waals surface area contributed by atoms with E-state index in [9.17, 15) is 4.79 Å². The van der Waals surface area contributed by atoms with Crippen molar-refractivity contribution in [3.05, 3.63) is 59.3 Å². The zero-order valence-electron chi connectivity index (χ0n) is 14.9. The molecule has 0 saturated carbocycles. The molecule has 25 heavy (non-hydrogen) atoms. The lowest BCUT2D eigenvalue weighted by molar-refractivity contribution is 0.0950.